The molecule has 1 aromatic heterocycles. The van der Waals surface area contributed by atoms with Gasteiger partial charge in [0.05, 0.1) is 29.5 Å². The molecule has 0 atom stereocenters. The normalized spacial score (nSPS) is 14.9. The lowest BCUT2D eigenvalue weighted by atomic mass is 10.1. The Hall–Kier alpha value is -3.30. The first-order valence-electron chi connectivity index (χ1n) is 11.7. The molecule has 1 aliphatic rings. The highest BCUT2D eigenvalue weighted by molar-refractivity contribution is 7.88. The molecule has 0 radical (unpaired) electrons. The van der Waals surface area contributed by atoms with E-state index in [0.717, 1.165) is 11.1 Å². The Morgan fingerprint density at radius 2 is 1.89 bits per heavy atom. The molecule has 0 bridgehead atoms. The van der Waals surface area contributed by atoms with Crippen molar-refractivity contribution in [3.8, 4) is 17.6 Å². The second-order valence-corrected chi connectivity index (χ2v) is 11.1. The molecular formula is C25H28ClN5O5S. The summed E-state index contributed by atoms with van der Waals surface area (Å²) >= 11 is 6.46. The van der Waals surface area contributed by atoms with Gasteiger partial charge in [0.1, 0.15) is 24.2 Å². The number of ether oxygens (including phenoxy) is 2. The van der Waals surface area contributed by atoms with E-state index in [9.17, 15) is 13.2 Å². The number of hydrogen-bond acceptors (Lipinski definition) is 8. The van der Waals surface area contributed by atoms with Gasteiger partial charge in [-0.25, -0.2) is 8.42 Å². The molecule has 0 saturated carbocycles. The molecule has 0 unspecified atom stereocenters. The number of rotatable bonds is 9. The zero-order valence-corrected chi connectivity index (χ0v) is 22.2. The molecule has 2 heterocycles. The van der Waals surface area contributed by atoms with Crippen molar-refractivity contribution in [2.45, 2.75) is 6.54 Å². The summed E-state index contributed by atoms with van der Waals surface area (Å²) in [6, 6.07) is 12.4. The zero-order chi connectivity index (χ0) is 26.6. The maximum absolute atomic E-state index is 12.7. The van der Waals surface area contributed by atoms with Gasteiger partial charge in [-0.2, -0.15) is 9.57 Å². The van der Waals surface area contributed by atoms with E-state index in [2.05, 4.69) is 21.3 Å². The molecule has 12 heteroatoms. The number of piperazine rings is 1. The Labute approximate surface area is 220 Å². The summed E-state index contributed by atoms with van der Waals surface area (Å²) in [4.78, 5) is 17.7. The van der Waals surface area contributed by atoms with Crippen molar-refractivity contribution < 1.29 is 17.9 Å². The van der Waals surface area contributed by atoms with Crippen LogP contribution >= 0.6 is 11.6 Å². The Morgan fingerprint density at radius 3 is 2.57 bits per heavy atom. The number of methoxy groups -OCH3 is 1. The van der Waals surface area contributed by atoms with Gasteiger partial charge in [0.25, 0.3) is 5.56 Å². The SMILES string of the molecule is COc1cc(NCc2cc3cc(Cl)c(OCCN4CCN(S(C)(=O)=O)CC4)cc3[nH]c2=O)ccc1C#N. The van der Waals surface area contributed by atoms with Crippen molar-refractivity contribution in [3.63, 3.8) is 0 Å². The van der Waals surface area contributed by atoms with Crippen LogP contribution in [0.15, 0.2) is 41.2 Å². The van der Waals surface area contributed by atoms with Gasteiger partial charge in [-0.15, -0.1) is 0 Å². The van der Waals surface area contributed by atoms with Crippen molar-refractivity contribution in [2.24, 2.45) is 0 Å². The van der Waals surface area contributed by atoms with Crippen molar-refractivity contribution in [1.29, 1.82) is 5.26 Å². The van der Waals surface area contributed by atoms with E-state index in [0.29, 0.717) is 72.5 Å². The van der Waals surface area contributed by atoms with Gasteiger partial charge in [-0.1, -0.05) is 11.6 Å². The Bertz CT molecular complexity index is 1490. The maximum Gasteiger partial charge on any atom is 0.253 e. The number of sulfonamides is 1. The predicted octanol–water partition coefficient (Wildman–Crippen LogP) is 2.63. The van der Waals surface area contributed by atoms with Gasteiger partial charge in [-0.3, -0.25) is 9.69 Å². The fraction of sp³-hybridized carbons (Fsp3) is 0.360. The van der Waals surface area contributed by atoms with Crippen molar-refractivity contribution >= 4 is 38.2 Å². The summed E-state index contributed by atoms with van der Waals surface area (Å²) in [5.41, 5.74) is 2.04. The average molecular weight is 546 g/mol. The van der Waals surface area contributed by atoms with Crippen LogP contribution in [0.1, 0.15) is 11.1 Å². The van der Waals surface area contributed by atoms with Crippen LogP contribution in [0.25, 0.3) is 10.9 Å². The molecule has 3 aromatic rings. The zero-order valence-electron chi connectivity index (χ0n) is 20.6. The highest BCUT2D eigenvalue weighted by Crippen LogP contribution is 2.29. The van der Waals surface area contributed by atoms with Gasteiger partial charge >= 0.3 is 0 Å². The van der Waals surface area contributed by atoms with Crippen LogP contribution in [-0.2, 0) is 16.6 Å². The van der Waals surface area contributed by atoms with Crippen molar-refractivity contribution in [1.82, 2.24) is 14.2 Å². The van der Waals surface area contributed by atoms with Gasteiger partial charge in [-0.05, 0) is 24.3 Å². The fourth-order valence-corrected chi connectivity index (χ4v) is 5.21. The third-order valence-corrected chi connectivity index (χ3v) is 7.84. The molecule has 0 amide bonds. The number of fused-ring (bicyclic) bond motifs is 1. The minimum absolute atomic E-state index is 0.238. The largest absolute Gasteiger partial charge is 0.495 e. The Morgan fingerprint density at radius 1 is 1.14 bits per heavy atom. The molecule has 1 aliphatic heterocycles. The summed E-state index contributed by atoms with van der Waals surface area (Å²) in [5.74, 6) is 0.922. The standard InChI is InChI=1S/C25H28ClN5O5S/c1-35-23-13-20(4-3-17(23)15-27)28-16-19-11-18-12-21(26)24(14-22(18)29-25(19)32)36-10-9-30-5-7-31(8-6-30)37(2,33)34/h3-4,11-14,28H,5-10,16H2,1-2H3,(H,29,32). The predicted molar refractivity (Wildman–Crippen MR) is 143 cm³/mol. The highest BCUT2D eigenvalue weighted by Gasteiger charge is 2.23. The molecule has 4 rings (SSSR count). The number of anilines is 1. The van der Waals surface area contributed by atoms with Crippen LogP contribution in [0.2, 0.25) is 5.02 Å². The smallest absolute Gasteiger partial charge is 0.253 e. The molecule has 2 aromatic carbocycles. The van der Waals surface area contributed by atoms with Crippen LogP contribution in [-0.4, -0.2) is 75.3 Å². The quantitative estimate of drug-likeness (QED) is 0.420. The first-order valence-corrected chi connectivity index (χ1v) is 13.9. The van der Waals surface area contributed by atoms with Crippen LogP contribution in [0.5, 0.6) is 11.5 Å². The lowest BCUT2D eigenvalue weighted by Crippen LogP contribution is -2.49. The van der Waals surface area contributed by atoms with Gasteiger partial charge < -0.3 is 19.8 Å². The molecule has 10 nitrogen and oxygen atoms in total. The number of halogens is 1. The van der Waals surface area contributed by atoms with Crippen LogP contribution in [0.4, 0.5) is 5.69 Å². The van der Waals surface area contributed by atoms with Gasteiger partial charge in [0.15, 0.2) is 0 Å². The third kappa shape index (κ3) is 6.53. The molecule has 37 heavy (non-hydrogen) atoms. The van der Waals surface area contributed by atoms with E-state index in [1.807, 2.05) is 0 Å². The van der Waals surface area contributed by atoms with E-state index in [1.165, 1.54) is 17.7 Å². The number of benzene rings is 2. The number of nitrogens with one attached hydrogen (secondary N) is 2. The number of nitriles is 1. The second-order valence-electron chi connectivity index (χ2n) is 8.73. The number of nitrogens with zero attached hydrogens (tertiary/aromatic N) is 3. The molecule has 0 aliphatic carbocycles. The molecule has 196 valence electrons. The molecule has 1 saturated heterocycles. The van der Waals surface area contributed by atoms with E-state index in [1.54, 1.807) is 36.4 Å². The Balaban J connectivity index is 1.38. The summed E-state index contributed by atoms with van der Waals surface area (Å²) < 4.78 is 35.9. The molecule has 0 spiro atoms. The Kier molecular flexibility index (Phi) is 8.24. The van der Waals surface area contributed by atoms with E-state index >= 15 is 0 Å². The first-order chi connectivity index (χ1) is 17.7. The summed E-state index contributed by atoms with van der Waals surface area (Å²) in [6.45, 7) is 3.49. The second kappa shape index (κ2) is 11.4. The summed E-state index contributed by atoms with van der Waals surface area (Å²) in [7, 11) is -1.66. The molecule has 1 fully saturated rings. The van der Waals surface area contributed by atoms with Crippen LogP contribution in [0, 0.1) is 11.3 Å². The van der Waals surface area contributed by atoms with Crippen LogP contribution < -0.4 is 20.3 Å². The minimum Gasteiger partial charge on any atom is -0.495 e. The number of aromatic nitrogens is 1. The third-order valence-electron chi connectivity index (χ3n) is 6.24. The van der Waals surface area contributed by atoms with Gasteiger partial charge in [0.2, 0.25) is 10.0 Å². The highest BCUT2D eigenvalue weighted by atomic mass is 35.5. The average Bonchev–Trinajstić information content (AvgIpc) is 2.87. The topological polar surface area (TPSA) is 128 Å². The van der Waals surface area contributed by atoms with Gasteiger partial charge in [0, 0.05) is 68.0 Å². The number of H-pyrrole nitrogens is 1. The maximum atomic E-state index is 12.7. The first kappa shape index (κ1) is 26.8. The van der Waals surface area contributed by atoms with E-state index in [4.69, 9.17) is 26.3 Å². The monoisotopic (exact) mass is 545 g/mol. The molecule has 2 N–H and O–H groups in total. The van der Waals surface area contributed by atoms with Crippen molar-refractivity contribution in [3.05, 3.63) is 62.9 Å². The number of aromatic amines is 1. The van der Waals surface area contributed by atoms with E-state index < -0.39 is 10.0 Å². The lowest BCUT2D eigenvalue weighted by Gasteiger charge is -2.33. The fourth-order valence-electron chi connectivity index (χ4n) is 4.15. The molecular weight excluding hydrogens is 518 g/mol. The number of hydrogen-bond donors (Lipinski definition) is 2. The number of pyridine rings is 1. The minimum atomic E-state index is -3.16. The van der Waals surface area contributed by atoms with E-state index in [-0.39, 0.29) is 12.1 Å². The lowest BCUT2D eigenvalue weighted by molar-refractivity contribution is 0.159. The summed E-state index contributed by atoms with van der Waals surface area (Å²) in [5, 5.41) is 13.5. The van der Waals surface area contributed by atoms with Crippen molar-refractivity contribution in [2.75, 3.05) is 58.0 Å². The summed E-state index contributed by atoms with van der Waals surface area (Å²) in [6.07, 6.45) is 1.23. The van der Waals surface area contributed by atoms with Crippen LogP contribution in [0.3, 0.4) is 0 Å².